The smallest absolute Gasteiger partial charge is 0.264 e. The minimum Gasteiger partial charge on any atom is -0.497 e. The third-order valence-electron chi connectivity index (χ3n) is 4.05. The van der Waals surface area contributed by atoms with Gasteiger partial charge in [0.15, 0.2) is 5.17 Å². The molecule has 3 rings (SSSR count). The predicted molar refractivity (Wildman–Crippen MR) is 108 cm³/mol. The number of carbonyl (C=O) groups is 1. The lowest BCUT2D eigenvalue weighted by atomic mass is 10.1. The monoisotopic (exact) mass is 384 g/mol. The van der Waals surface area contributed by atoms with Crippen LogP contribution in [-0.2, 0) is 4.79 Å². The van der Waals surface area contributed by atoms with Crippen molar-refractivity contribution in [1.82, 2.24) is 5.32 Å². The SMILES string of the molecule is COc1ccc(N=C2NC(=O)/C(=C\c3ccc(OC)c(C)c3OC)S2)cc1. The zero-order chi connectivity index (χ0) is 19.4. The summed E-state index contributed by atoms with van der Waals surface area (Å²) in [6, 6.07) is 11.0. The Balaban J connectivity index is 1.87. The van der Waals surface area contributed by atoms with Crippen LogP contribution in [0.1, 0.15) is 11.1 Å². The first-order valence-electron chi connectivity index (χ1n) is 8.21. The Morgan fingerprint density at radius 1 is 1.00 bits per heavy atom. The molecule has 0 unspecified atom stereocenters. The highest BCUT2D eigenvalue weighted by Crippen LogP contribution is 2.35. The fourth-order valence-corrected chi connectivity index (χ4v) is 3.53. The number of hydrogen-bond acceptors (Lipinski definition) is 6. The van der Waals surface area contributed by atoms with Gasteiger partial charge >= 0.3 is 0 Å². The lowest BCUT2D eigenvalue weighted by molar-refractivity contribution is -0.115. The van der Waals surface area contributed by atoms with Crippen LogP contribution in [-0.4, -0.2) is 32.4 Å². The first kappa shape index (κ1) is 18.8. The summed E-state index contributed by atoms with van der Waals surface area (Å²) in [7, 11) is 4.82. The maximum Gasteiger partial charge on any atom is 0.264 e. The van der Waals surface area contributed by atoms with Crippen LogP contribution in [0.5, 0.6) is 17.2 Å². The van der Waals surface area contributed by atoms with Crippen LogP contribution in [0.4, 0.5) is 5.69 Å². The third kappa shape index (κ3) is 4.09. The van der Waals surface area contributed by atoms with E-state index in [1.165, 1.54) is 11.8 Å². The predicted octanol–water partition coefficient (Wildman–Crippen LogP) is 3.91. The van der Waals surface area contributed by atoms with Gasteiger partial charge in [-0.1, -0.05) is 0 Å². The number of amides is 1. The minimum absolute atomic E-state index is 0.192. The molecular weight excluding hydrogens is 364 g/mol. The number of ether oxygens (including phenoxy) is 3. The van der Waals surface area contributed by atoms with Crippen LogP contribution in [0.2, 0.25) is 0 Å². The van der Waals surface area contributed by atoms with Crippen molar-refractivity contribution >= 4 is 34.6 Å². The van der Waals surface area contributed by atoms with Gasteiger partial charge in [-0.3, -0.25) is 4.79 Å². The standard InChI is InChI=1S/C20H20N2O4S/c1-12-16(25-3)10-5-13(18(12)26-4)11-17-19(23)22-20(27-17)21-14-6-8-15(24-2)9-7-14/h5-11H,1-4H3,(H,21,22,23)/b17-11+. The molecule has 7 heteroatoms. The first-order valence-corrected chi connectivity index (χ1v) is 9.02. The van der Waals surface area contributed by atoms with E-state index in [0.29, 0.717) is 15.8 Å². The van der Waals surface area contributed by atoms with Crippen LogP contribution in [0, 0.1) is 6.92 Å². The summed E-state index contributed by atoms with van der Waals surface area (Å²) in [5.41, 5.74) is 2.42. The molecule has 1 aliphatic rings. The van der Waals surface area contributed by atoms with E-state index in [0.717, 1.165) is 28.3 Å². The highest BCUT2D eigenvalue weighted by Gasteiger charge is 2.24. The second kappa shape index (κ2) is 8.18. The van der Waals surface area contributed by atoms with Crippen molar-refractivity contribution in [3.63, 3.8) is 0 Å². The average molecular weight is 384 g/mol. The van der Waals surface area contributed by atoms with Crippen molar-refractivity contribution in [2.24, 2.45) is 4.99 Å². The van der Waals surface area contributed by atoms with Crippen LogP contribution in [0.3, 0.4) is 0 Å². The molecule has 1 saturated heterocycles. The molecule has 1 aliphatic heterocycles. The Morgan fingerprint density at radius 3 is 2.37 bits per heavy atom. The number of carbonyl (C=O) groups excluding carboxylic acids is 1. The summed E-state index contributed by atoms with van der Waals surface area (Å²) in [6.07, 6.45) is 1.79. The number of benzene rings is 2. The molecule has 0 atom stereocenters. The van der Waals surface area contributed by atoms with Crippen molar-refractivity contribution in [1.29, 1.82) is 0 Å². The normalized spacial score (nSPS) is 16.5. The molecule has 0 aromatic heterocycles. The summed E-state index contributed by atoms with van der Waals surface area (Å²) < 4.78 is 16.0. The molecule has 1 heterocycles. The van der Waals surface area contributed by atoms with Gasteiger partial charge in [-0.2, -0.15) is 0 Å². The van der Waals surface area contributed by atoms with Gasteiger partial charge in [-0.15, -0.1) is 0 Å². The van der Waals surface area contributed by atoms with E-state index in [9.17, 15) is 4.79 Å². The molecular formula is C20H20N2O4S. The fraction of sp³-hybridized carbons (Fsp3) is 0.200. The van der Waals surface area contributed by atoms with Crippen molar-refractivity contribution in [2.45, 2.75) is 6.92 Å². The van der Waals surface area contributed by atoms with Crippen molar-refractivity contribution in [2.75, 3.05) is 21.3 Å². The summed E-state index contributed by atoms with van der Waals surface area (Å²) in [6.45, 7) is 1.91. The lowest BCUT2D eigenvalue weighted by Gasteiger charge is -2.12. The molecule has 1 fully saturated rings. The van der Waals surface area contributed by atoms with E-state index in [-0.39, 0.29) is 5.91 Å². The summed E-state index contributed by atoms with van der Waals surface area (Å²) >= 11 is 1.29. The largest absolute Gasteiger partial charge is 0.497 e. The van der Waals surface area contributed by atoms with Gasteiger partial charge in [-0.25, -0.2) is 4.99 Å². The van der Waals surface area contributed by atoms with E-state index in [1.54, 1.807) is 27.4 Å². The topological polar surface area (TPSA) is 69.2 Å². The Hall–Kier alpha value is -2.93. The molecule has 2 aromatic rings. The molecule has 1 amide bonds. The second-order valence-electron chi connectivity index (χ2n) is 5.70. The number of methoxy groups -OCH3 is 3. The Kier molecular flexibility index (Phi) is 5.71. The zero-order valence-electron chi connectivity index (χ0n) is 15.5. The van der Waals surface area contributed by atoms with Crippen LogP contribution >= 0.6 is 11.8 Å². The second-order valence-corrected chi connectivity index (χ2v) is 6.73. The van der Waals surface area contributed by atoms with E-state index in [2.05, 4.69) is 10.3 Å². The highest BCUT2D eigenvalue weighted by atomic mass is 32.2. The molecule has 0 spiro atoms. The molecule has 0 bridgehead atoms. The van der Waals surface area contributed by atoms with Crippen molar-refractivity contribution < 1.29 is 19.0 Å². The Morgan fingerprint density at radius 2 is 1.74 bits per heavy atom. The summed E-state index contributed by atoms with van der Waals surface area (Å²) in [5.74, 6) is 1.97. The summed E-state index contributed by atoms with van der Waals surface area (Å²) in [5, 5.41) is 3.31. The molecule has 27 heavy (non-hydrogen) atoms. The number of aliphatic imine (C=N–C) groups is 1. The van der Waals surface area contributed by atoms with Gasteiger partial charge in [0, 0.05) is 11.1 Å². The minimum atomic E-state index is -0.192. The van der Waals surface area contributed by atoms with Gasteiger partial charge in [0.1, 0.15) is 17.2 Å². The number of thioether (sulfide) groups is 1. The molecule has 0 saturated carbocycles. The zero-order valence-corrected chi connectivity index (χ0v) is 16.3. The summed E-state index contributed by atoms with van der Waals surface area (Å²) in [4.78, 5) is 17.3. The maximum absolute atomic E-state index is 12.3. The van der Waals surface area contributed by atoms with Crippen LogP contribution in [0.25, 0.3) is 6.08 Å². The van der Waals surface area contributed by atoms with Crippen molar-refractivity contribution in [3.8, 4) is 17.2 Å². The highest BCUT2D eigenvalue weighted by molar-refractivity contribution is 8.18. The first-order chi connectivity index (χ1) is 13.0. The third-order valence-corrected chi connectivity index (χ3v) is 4.96. The van der Waals surface area contributed by atoms with E-state index in [1.807, 2.05) is 43.3 Å². The van der Waals surface area contributed by atoms with Gasteiger partial charge in [0.25, 0.3) is 5.91 Å². The molecule has 6 nitrogen and oxygen atoms in total. The molecule has 0 aliphatic carbocycles. The van der Waals surface area contributed by atoms with Crippen molar-refractivity contribution in [3.05, 3.63) is 52.4 Å². The van der Waals surface area contributed by atoms with Crippen LogP contribution < -0.4 is 19.5 Å². The van der Waals surface area contributed by atoms with Gasteiger partial charge in [0.2, 0.25) is 0 Å². The van der Waals surface area contributed by atoms with E-state index >= 15 is 0 Å². The van der Waals surface area contributed by atoms with Crippen LogP contribution in [0.15, 0.2) is 46.3 Å². The molecule has 1 N–H and O–H groups in total. The van der Waals surface area contributed by atoms with Gasteiger partial charge in [-0.05, 0) is 61.2 Å². The molecule has 0 radical (unpaired) electrons. The molecule has 140 valence electrons. The Labute approximate surface area is 162 Å². The van der Waals surface area contributed by atoms with Gasteiger partial charge < -0.3 is 19.5 Å². The van der Waals surface area contributed by atoms with Gasteiger partial charge in [0.05, 0.1) is 31.9 Å². The molecule has 2 aromatic carbocycles. The fourth-order valence-electron chi connectivity index (χ4n) is 2.70. The quantitative estimate of drug-likeness (QED) is 0.792. The number of nitrogens with zero attached hydrogens (tertiary/aromatic N) is 1. The average Bonchev–Trinajstić information content (AvgIpc) is 3.01. The number of nitrogens with one attached hydrogen (secondary N) is 1. The number of amidine groups is 1. The number of hydrogen-bond donors (Lipinski definition) is 1. The maximum atomic E-state index is 12.3. The van der Waals surface area contributed by atoms with E-state index in [4.69, 9.17) is 14.2 Å². The lowest BCUT2D eigenvalue weighted by Crippen LogP contribution is -2.19. The Bertz CT molecular complexity index is 920. The number of rotatable bonds is 5. The van der Waals surface area contributed by atoms with E-state index < -0.39 is 0 Å².